The Morgan fingerprint density at radius 3 is 2.41 bits per heavy atom. The minimum Gasteiger partial charge on any atom is -0.396 e. The van der Waals surface area contributed by atoms with E-state index in [2.05, 4.69) is 44.8 Å². The van der Waals surface area contributed by atoms with Gasteiger partial charge in [0.2, 0.25) is 0 Å². The van der Waals surface area contributed by atoms with Gasteiger partial charge in [0.15, 0.2) is 0 Å². The van der Waals surface area contributed by atoms with Crippen molar-refractivity contribution < 1.29 is 5.11 Å². The number of nitrogens with zero attached hydrogens (tertiary/aromatic N) is 1. The summed E-state index contributed by atoms with van der Waals surface area (Å²) in [5.74, 6) is 0.711. The molecule has 0 spiro atoms. The third kappa shape index (κ3) is 9.57. The van der Waals surface area contributed by atoms with Crippen LogP contribution >= 0.6 is 0 Å². The topological polar surface area (TPSA) is 35.5 Å². The van der Waals surface area contributed by atoms with Gasteiger partial charge in [0.05, 0.1) is 0 Å². The molecule has 0 saturated carbocycles. The Bertz CT molecular complexity index is 181. The average molecular weight is 244 g/mol. The molecule has 0 radical (unpaired) electrons. The Morgan fingerprint density at radius 2 is 1.94 bits per heavy atom. The van der Waals surface area contributed by atoms with Crippen LogP contribution in [-0.2, 0) is 0 Å². The first-order valence-electron chi connectivity index (χ1n) is 6.95. The standard InChI is InChI=1S/C14H32N2O/c1-6-16(8-7-9-17)12-14(4,5)11-15-10-13(2)3/h13,15,17H,6-12H2,1-5H3. The lowest BCUT2D eigenvalue weighted by Gasteiger charge is -2.32. The van der Waals surface area contributed by atoms with Crippen molar-refractivity contribution in [3.63, 3.8) is 0 Å². The summed E-state index contributed by atoms with van der Waals surface area (Å²) in [6, 6.07) is 0. The zero-order valence-electron chi connectivity index (χ0n) is 12.4. The highest BCUT2D eigenvalue weighted by molar-refractivity contribution is 4.76. The SMILES string of the molecule is CCN(CCCO)CC(C)(C)CNCC(C)C. The molecule has 0 unspecified atom stereocenters. The van der Waals surface area contributed by atoms with Crippen LogP contribution in [0.3, 0.4) is 0 Å². The number of hydrogen-bond acceptors (Lipinski definition) is 3. The van der Waals surface area contributed by atoms with Gasteiger partial charge < -0.3 is 15.3 Å². The molecule has 0 fully saturated rings. The Kier molecular flexibility index (Phi) is 8.83. The summed E-state index contributed by atoms with van der Waals surface area (Å²) in [7, 11) is 0. The van der Waals surface area contributed by atoms with E-state index in [0.29, 0.717) is 17.9 Å². The van der Waals surface area contributed by atoms with Gasteiger partial charge in [-0.05, 0) is 30.8 Å². The molecule has 2 N–H and O–H groups in total. The van der Waals surface area contributed by atoms with E-state index in [0.717, 1.165) is 39.1 Å². The zero-order valence-corrected chi connectivity index (χ0v) is 12.4. The van der Waals surface area contributed by atoms with Crippen LogP contribution < -0.4 is 5.32 Å². The van der Waals surface area contributed by atoms with Crippen LogP contribution in [0.15, 0.2) is 0 Å². The number of nitrogens with one attached hydrogen (secondary N) is 1. The molecular formula is C14H32N2O. The number of aliphatic hydroxyl groups is 1. The molecule has 0 aliphatic heterocycles. The molecule has 17 heavy (non-hydrogen) atoms. The second-order valence-corrected chi connectivity index (χ2v) is 6.13. The van der Waals surface area contributed by atoms with Crippen LogP contribution in [-0.4, -0.2) is 49.3 Å². The van der Waals surface area contributed by atoms with Gasteiger partial charge in [-0.15, -0.1) is 0 Å². The molecular weight excluding hydrogens is 212 g/mol. The van der Waals surface area contributed by atoms with Gasteiger partial charge in [0.1, 0.15) is 0 Å². The second kappa shape index (κ2) is 8.90. The minimum absolute atomic E-state index is 0.292. The lowest BCUT2D eigenvalue weighted by molar-refractivity contribution is 0.165. The third-order valence-electron chi connectivity index (χ3n) is 2.89. The lowest BCUT2D eigenvalue weighted by Crippen LogP contribution is -2.41. The highest BCUT2D eigenvalue weighted by Gasteiger charge is 2.20. The van der Waals surface area contributed by atoms with Crippen molar-refractivity contribution in [3.05, 3.63) is 0 Å². The fraction of sp³-hybridized carbons (Fsp3) is 1.00. The largest absolute Gasteiger partial charge is 0.396 e. The molecule has 0 atom stereocenters. The first kappa shape index (κ1) is 16.9. The average Bonchev–Trinajstić information content (AvgIpc) is 2.23. The summed E-state index contributed by atoms with van der Waals surface area (Å²) in [6.07, 6.45) is 0.878. The summed E-state index contributed by atoms with van der Waals surface area (Å²) in [4.78, 5) is 2.42. The van der Waals surface area contributed by atoms with E-state index >= 15 is 0 Å². The molecule has 0 aromatic carbocycles. The molecule has 0 aromatic rings. The van der Waals surface area contributed by atoms with Crippen molar-refractivity contribution in [2.45, 2.75) is 41.0 Å². The number of rotatable bonds is 10. The van der Waals surface area contributed by atoms with Crippen LogP contribution in [0.25, 0.3) is 0 Å². The van der Waals surface area contributed by atoms with Gasteiger partial charge in [-0.25, -0.2) is 0 Å². The monoisotopic (exact) mass is 244 g/mol. The van der Waals surface area contributed by atoms with Crippen LogP contribution in [0.4, 0.5) is 0 Å². The molecule has 0 rings (SSSR count). The van der Waals surface area contributed by atoms with E-state index < -0.39 is 0 Å². The van der Waals surface area contributed by atoms with Crippen molar-refractivity contribution in [2.24, 2.45) is 11.3 Å². The van der Waals surface area contributed by atoms with E-state index in [1.165, 1.54) is 0 Å². The fourth-order valence-corrected chi connectivity index (χ4v) is 2.00. The third-order valence-corrected chi connectivity index (χ3v) is 2.89. The van der Waals surface area contributed by atoms with Gasteiger partial charge in [-0.1, -0.05) is 34.6 Å². The maximum atomic E-state index is 8.87. The van der Waals surface area contributed by atoms with Crippen molar-refractivity contribution in [1.29, 1.82) is 0 Å². The van der Waals surface area contributed by atoms with Crippen molar-refractivity contribution in [1.82, 2.24) is 10.2 Å². The van der Waals surface area contributed by atoms with E-state index in [9.17, 15) is 0 Å². The first-order valence-corrected chi connectivity index (χ1v) is 6.95. The Morgan fingerprint density at radius 1 is 1.29 bits per heavy atom. The quantitative estimate of drug-likeness (QED) is 0.617. The summed E-state index contributed by atoms with van der Waals surface area (Å²) < 4.78 is 0. The summed E-state index contributed by atoms with van der Waals surface area (Å²) >= 11 is 0. The highest BCUT2D eigenvalue weighted by atomic mass is 16.3. The minimum atomic E-state index is 0.292. The molecule has 0 amide bonds. The van der Waals surface area contributed by atoms with E-state index in [1.54, 1.807) is 0 Å². The molecule has 3 nitrogen and oxygen atoms in total. The van der Waals surface area contributed by atoms with Crippen LogP contribution in [0.5, 0.6) is 0 Å². The Hall–Kier alpha value is -0.120. The lowest BCUT2D eigenvalue weighted by atomic mass is 9.92. The van der Waals surface area contributed by atoms with Gasteiger partial charge in [-0.3, -0.25) is 0 Å². The van der Waals surface area contributed by atoms with Crippen LogP contribution in [0, 0.1) is 11.3 Å². The molecule has 0 aliphatic carbocycles. The second-order valence-electron chi connectivity index (χ2n) is 6.13. The predicted octanol–water partition coefficient (Wildman–Crippen LogP) is 1.96. The van der Waals surface area contributed by atoms with Gasteiger partial charge in [0, 0.05) is 26.2 Å². The molecule has 0 bridgehead atoms. The van der Waals surface area contributed by atoms with Crippen molar-refractivity contribution in [3.8, 4) is 0 Å². The Labute approximate surface area is 108 Å². The maximum Gasteiger partial charge on any atom is 0.0443 e. The predicted molar refractivity (Wildman–Crippen MR) is 75.3 cm³/mol. The highest BCUT2D eigenvalue weighted by Crippen LogP contribution is 2.16. The van der Waals surface area contributed by atoms with Crippen LogP contribution in [0.2, 0.25) is 0 Å². The van der Waals surface area contributed by atoms with Crippen LogP contribution in [0.1, 0.15) is 41.0 Å². The fourth-order valence-electron chi connectivity index (χ4n) is 2.00. The van der Waals surface area contributed by atoms with Gasteiger partial charge >= 0.3 is 0 Å². The Balaban J connectivity index is 3.93. The molecule has 0 saturated heterocycles. The number of aliphatic hydroxyl groups excluding tert-OH is 1. The van der Waals surface area contributed by atoms with Gasteiger partial charge in [0.25, 0.3) is 0 Å². The van der Waals surface area contributed by atoms with E-state index in [1.807, 2.05) is 0 Å². The smallest absolute Gasteiger partial charge is 0.0443 e. The van der Waals surface area contributed by atoms with Crippen molar-refractivity contribution in [2.75, 3.05) is 39.3 Å². The maximum absolute atomic E-state index is 8.87. The summed E-state index contributed by atoms with van der Waals surface area (Å²) in [6.45, 7) is 16.9. The first-order chi connectivity index (χ1) is 7.91. The van der Waals surface area contributed by atoms with E-state index in [-0.39, 0.29) is 0 Å². The van der Waals surface area contributed by atoms with Crippen molar-refractivity contribution >= 4 is 0 Å². The molecule has 0 aliphatic rings. The number of hydrogen-bond donors (Lipinski definition) is 2. The molecule has 0 heterocycles. The zero-order chi connectivity index (χ0) is 13.3. The molecule has 104 valence electrons. The summed E-state index contributed by atoms with van der Waals surface area (Å²) in [5, 5.41) is 12.4. The molecule has 3 heteroatoms. The summed E-state index contributed by atoms with van der Waals surface area (Å²) in [5.41, 5.74) is 0.292. The normalized spacial score (nSPS) is 12.7. The van der Waals surface area contributed by atoms with Gasteiger partial charge in [-0.2, -0.15) is 0 Å². The molecule has 0 aromatic heterocycles. The van der Waals surface area contributed by atoms with E-state index in [4.69, 9.17) is 5.11 Å².